The summed E-state index contributed by atoms with van der Waals surface area (Å²) in [7, 11) is 1.77. The molecule has 1 N–H and O–H groups in total. The Kier molecular flexibility index (Phi) is 9.59. The molecule has 0 aliphatic carbocycles. The van der Waals surface area contributed by atoms with Crippen LogP contribution in [0.1, 0.15) is 27.2 Å². The molecule has 0 rings (SSSR count). The topological polar surface area (TPSA) is 24.5 Å². The molecular weight excluding hydrogens is 200 g/mol. The predicted molar refractivity (Wildman–Crippen MR) is 70.9 cm³/mol. The van der Waals surface area contributed by atoms with Crippen molar-refractivity contribution in [2.24, 2.45) is 0 Å². The molecule has 0 aromatic carbocycles. The van der Waals surface area contributed by atoms with E-state index < -0.39 is 0 Å². The average molecular weight is 228 g/mol. The summed E-state index contributed by atoms with van der Waals surface area (Å²) >= 11 is 0. The van der Waals surface area contributed by atoms with Crippen LogP contribution in [0.5, 0.6) is 0 Å². The fourth-order valence-corrected chi connectivity index (χ4v) is 1.78. The van der Waals surface area contributed by atoms with Crippen molar-refractivity contribution in [2.75, 3.05) is 39.9 Å². The van der Waals surface area contributed by atoms with Gasteiger partial charge in [0.2, 0.25) is 0 Å². The maximum atomic E-state index is 5.29. The summed E-state index contributed by atoms with van der Waals surface area (Å²) in [6.07, 6.45) is 1.17. The first-order valence-corrected chi connectivity index (χ1v) is 6.23. The Bertz CT molecular complexity index is 183. The van der Waals surface area contributed by atoms with E-state index in [9.17, 15) is 0 Å². The first kappa shape index (κ1) is 15.6. The molecule has 0 aromatic heterocycles. The van der Waals surface area contributed by atoms with Gasteiger partial charge in [0.15, 0.2) is 0 Å². The summed E-state index contributed by atoms with van der Waals surface area (Å²) in [6.45, 7) is 15.3. The Morgan fingerprint density at radius 1 is 1.44 bits per heavy atom. The van der Waals surface area contributed by atoms with E-state index in [1.54, 1.807) is 7.11 Å². The van der Waals surface area contributed by atoms with Crippen molar-refractivity contribution in [1.29, 1.82) is 0 Å². The fourth-order valence-electron chi connectivity index (χ4n) is 1.78. The largest absolute Gasteiger partial charge is 0.383 e. The minimum atomic E-state index is 0.443. The molecule has 16 heavy (non-hydrogen) atoms. The van der Waals surface area contributed by atoms with Gasteiger partial charge in [-0.2, -0.15) is 0 Å². The maximum Gasteiger partial charge on any atom is 0.0630 e. The van der Waals surface area contributed by atoms with Gasteiger partial charge in [0.1, 0.15) is 0 Å². The van der Waals surface area contributed by atoms with Crippen LogP contribution in [0.3, 0.4) is 0 Å². The van der Waals surface area contributed by atoms with E-state index in [4.69, 9.17) is 4.74 Å². The third kappa shape index (κ3) is 6.99. The standard InChI is InChI=1S/C13H28N2O/c1-6-8-14-9-13(11-16-5)15(7-2)10-12(3)4/h13-14H,3,6-11H2,1-2,4-5H3. The normalized spacial score (nSPS) is 13.1. The van der Waals surface area contributed by atoms with Gasteiger partial charge in [-0.3, -0.25) is 4.90 Å². The second-order valence-electron chi connectivity index (χ2n) is 4.33. The van der Waals surface area contributed by atoms with Crippen LogP contribution in [0.2, 0.25) is 0 Å². The molecule has 3 nitrogen and oxygen atoms in total. The van der Waals surface area contributed by atoms with Crippen LogP contribution in [0.25, 0.3) is 0 Å². The van der Waals surface area contributed by atoms with Crippen molar-refractivity contribution in [1.82, 2.24) is 10.2 Å². The lowest BCUT2D eigenvalue weighted by Crippen LogP contribution is -2.45. The summed E-state index contributed by atoms with van der Waals surface area (Å²) in [6, 6.07) is 0.443. The zero-order chi connectivity index (χ0) is 12.4. The molecule has 0 amide bonds. The lowest BCUT2D eigenvalue weighted by molar-refractivity contribution is 0.0983. The molecule has 0 saturated carbocycles. The number of methoxy groups -OCH3 is 1. The highest BCUT2D eigenvalue weighted by Crippen LogP contribution is 2.03. The maximum absolute atomic E-state index is 5.29. The molecule has 0 spiro atoms. The quantitative estimate of drug-likeness (QED) is 0.456. The van der Waals surface area contributed by atoms with Gasteiger partial charge in [-0.15, -0.1) is 0 Å². The lowest BCUT2D eigenvalue weighted by atomic mass is 10.2. The van der Waals surface area contributed by atoms with Gasteiger partial charge in [-0.05, 0) is 26.4 Å². The predicted octanol–water partition coefficient (Wildman–Crippen LogP) is 1.90. The summed E-state index contributed by atoms with van der Waals surface area (Å²) in [4.78, 5) is 2.41. The molecule has 0 aromatic rings. The summed E-state index contributed by atoms with van der Waals surface area (Å²) < 4.78 is 5.29. The third-order valence-electron chi connectivity index (χ3n) is 2.56. The molecular formula is C13H28N2O. The number of ether oxygens (including phenoxy) is 1. The number of likely N-dealkylation sites (N-methyl/N-ethyl adjacent to an activating group) is 1. The highest BCUT2D eigenvalue weighted by Gasteiger charge is 2.16. The summed E-state index contributed by atoms with van der Waals surface area (Å²) in [5.41, 5.74) is 1.21. The first-order chi connectivity index (χ1) is 7.65. The molecule has 1 atom stereocenters. The van der Waals surface area contributed by atoms with Gasteiger partial charge in [-0.1, -0.05) is 26.0 Å². The molecule has 0 bridgehead atoms. The van der Waals surface area contributed by atoms with Crippen LogP contribution in [0, 0.1) is 0 Å². The highest BCUT2D eigenvalue weighted by atomic mass is 16.5. The number of nitrogens with zero attached hydrogens (tertiary/aromatic N) is 1. The SMILES string of the molecule is C=C(C)CN(CC)C(CNCCC)COC. The zero-order valence-corrected chi connectivity index (χ0v) is 11.4. The minimum Gasteiger partial charge on any atom is -0.383 e. The number of nitrogens with one attached hydrogen (secondary N) is 1. The smallest absolute Gasteiger partial charge is 0.0630 e. The van der Waals surface area contributed by atoms with E-state index >= 15 is 0 Å². The van der Waals surface area contributed by atoms with Gasteiger partial charge < -0.3 is 10.1 Å². The Labute approximate surface area is 101 Å². The van der Waals surface area contributed by atoms with Crippen LogP contribution in [0.4, 0.5) is 0 Å². The van der Waals surface area contributed by atoms with E-state index in [2.05, 4.69) is 37.6 Å². The first-order valence-electron chi connectivity index (χ1n) is 6.23. The minimum absolute atomic E-state index is 0.443. The van der Waals surface area contributed by atoms with Crippen molar-refractivity contribution >= 4 is 0 Å². The Balaban J connectivity index is 4.16. The third-order valence-corrected chi connectivity index (χ3v) is 2.56. The van der Waals surface area contributed by atoms with Crippen LogP contribution < -0.4 is 5.32 Å². The molecule has 1 unspecified atom stereocenters. The van der Waals surface area contributed by atoms with E-state index in [1.807, 2.05) is 0 Å². The monoisotopic (exact) mass is 228 g/mol. The van der Waals surface area contributed by atoms with Gasteiger partial charge in [0.05, 0.1) is 6.61 Å². The second kappa shape index (κ2) is 9.82. The van der Waals surface area contributed by atoms with Crippen LogP contribution in [-0.2, 0) is 4.74 Å². The van der Waals surface area contributed by atoms with Crippen molar-refractivity contribution in [3.63, 3.8) is 0 Å². The molecule has 0 saturated heterocycles. The van der Waals surface area contributed by atoms with Gasteiger partial charge in [0, 0.05) is 26.2 Å². The number of hydrogen-bond donors (Lipinski definition) is 1. The molecule has 96 valence electrons. The Hall–Kier alpha value is -0.380. The molecule has 0 radical (unpaired) electrons. The average Bonchev–Trinajstić information content (AvgIpc) is 2.25. The van der Waals surface area contributed by atoms with E-state index in [0.29, 0.717) is 6.04 Å². The van der Waals surface area contributed by atoms with Gasteiger partial charge >= 0.3 is 0 Å². The number of hydrogen-bond acceptors (Lipinski definition) is 3. The highest BCUT2D eigenvalue weighted by molar-refractivity contribution is 4.93. The Morgan fingerprint density at radius 2 is 2.12 bits per heavy atom. The second-order valence-corrected chi connectivity index (χ2v) is 4.33. The van der Waals surface area contributed by atoms with Crippen molar-refractivity contribution in [2.45, 2.75) is 33.2 Å². The van der Waals surface area contributed by atoms with Crippen LogP contribution >= 0.6 is 0 Å². The molecule has 0 aliphatic rings. The molecule has 0 aliphatic heterocycles. The fraction of sp³-hybridized carbons (Fsp3) is 0.846. The van der Waals surface area contributed by atoms with E-state index in [1.165, 1.54) is 12.0 Å². The van der Waals surface area contributed by atoms with Gasteiger partial charge in [0.25, 0.3) is 0 Å². The van der Waals surface area contributed by atoms with Crippen molar-refractivity contribution < 1.29 is 4.74 Å². The molecule has 3 heteroatoms. The van der Waals surface area contributed by atoms with Crippen LogP contribution in [0.15, 0.2) is 12.2 Å². The van der Waals surface area contributed by atoms with Gasteiger partial charge in [-0.25, -0.2) is 0 Å². The molecule has 0 fully saturated rings. The van der Waals surface area contributed by atoms with Crippen LogP contribution in [-0.4, -0.2) is 50.8 Å². The zero-order valence-electron chi connectivity index (χ0n) is 11.4. The lowest BCUT2D eigenvalue weighted by Gasteiger charge is -2.30. The van der Waals surface area contributed by atoms with E-state index in [-0.39, 0.29) is 0 Å². The molecule has 0 heterocycles. The Morgan fingerprint density at radius 3 is 2.56 bits per heavy atom. The number of rotatable bonds is 10. The van der Waals surface area contributed by atoms with Crippen molar-refractivity contribution in [3.8, 4) is 0 Å². The summed E-state index contributed by atoms with van der Waals surface area (Å²) in [5.74, 6) is 0. The van der Waals surface area contributed by atoms with E-state index in [0.717, 1.165) is 32.8 Å². The summed E-state index contributed by atoms with van der Waals surface area (Å²) in [5, 5.41) is 3.46. The van der Waals surface area contributed by atoms with Crippen molar-refractivity contribution in [3.05, 3.63) is 12.2 Å².